The number of aromatic carboxylic acids is 1. The highest BCUT2D eigenvalue weighted by Crippen LogP contribution is 2.39. The molecule has 0 radical (unpaired) electrons. The van der Waals surface area contributed by atoms with Crippen LogP contribution in [0.1, 0.15) is 27.4 Å². The van der Waals surface area contributed by atoms with Crippen molar-refractivity contribution < 1.29 is 28.7 Å². The van der Waals surface area contributed by atoms with E-state index < -0.39 is 24.5 Å². The molecule has 1 aliphatic heterocycles. The van der Waals surface area contributed by atoms with Crippen LogP contribution < -0.4 is 4.65 Å². The summed E-state index contributed by atoms with van der Waals surface area (Å²) >= 11 is 0. The van der Waals surface area contributed by atoms with E-state index in [9.17, 15) is 19.3 Å². The molecule has 2 N–H and O–H groups in total. The number of benzene rings is 2. The summed E-state index contributed by atoms with van der Waals surface area (Å²) in [5.74, 6) is -2.71. The summed E-state index contributed by atoms with van der Waals surface area (Å²) in [5, 5.41) is 19.0. The fraction of sp³-hybridized carbons (Fsp3) is 0.235. The number of halogens is 1. The minimum absolute atomic E-state index is 0.116. The fourth-order valence-electron chi connectivity index (χ4n) is 2.83. The molecule has 0 amide bonds. The molecule has 1 heterocycles. The van der Waals surface area contributed by atoms with Crippen LogP contribution in [-0.4, -0.2) is 29.8 Å². The summed E-state index contributed by atoms with van der Waals surface area (Å²) in [4.78, 5) is 11.3. The Hall–Kier alpha value is -2.38. The van der Waals surface area contributed by atoms with Crippen LogP contribution in [0.2, 0.25) is 6.32 Å². The minimum Gasteiger partial charge on any atom is -0.535 e. The molecule has 1 unspecified atom stereocenters. The van der Waals surface area contributed by atoms with E-state index in [1.807, 2.05) is 30.3 Å². The SMILES string of the molecule is O=C(O)c1c(F)ccc2c1OB(O)CC2COCc1ccccc1. The summed E-state index contributed by atoms with van der Waals surface area (Å²) in [6, 6.07) is 12.2. The molecule has 7 heteroatoms. The van der Waals surface area contributed by atoms with Crippen molar-refractivity contribution in [2.24, 2.45) is 0 Å². The standard InChI is InChI=1S/C17H16BFO5/c19-14-7-6-13-12(10-23-9-11-4-2-1-3-5-11)8-18(22)24-16(13)15(14)17(20)21/h1-7,12,22H,8-10H2,(H,20,21). The maximum absolute atomic E-state index is 13.8. The van der Waals surface area contributed by atoms with Gasteiger partial charge in [0.25, 0.3) is 0 Å². The summed E-state index contributed by atoms with van der Waals surface area (Å²) in [7, 11) is -1.19. The lowest BCUT2D eigenvalue weighted by Gasteiger charge is -2.28. The van der Waals surface area contributed by atoms with Gasteiger partial charge in [-0.2, -0.15) is 0 Å². The summed E-state index contributed by atoms with van der Waals surface area (Å²) in [5.41, 5.74) is 0.988. The summed E-state index contributed by atoms with van der Waals surface area (Å²) in [6.45, 7) is 0.670. The average Bonchev–Trinajstić information content (AvgIpc) is 2.55. The van der Waals surface area contributed by atoms with Crippen LogP contribution in [0.15, 0.2) is 42.5 Å². The Bertz CT molecular complexity index is 737. The molecule has 0 spiro atoms. The maximum Gasteiger partial charge on any atom is 0.523 e. The Kier molecular flexibility index (Phi) is 4.82. The van der Waals surface area contributed by atoms with E-state index in [2.05, 4.69) is 0 Å². The van der Waals surface area contributed by atoms with Crippen molar-refractivity contribution in [3.8, 4) is 5.75 Å². The molecular weight excluding hydrogens is 314 g/mol. The molecule has 0 aliphatic carbocycles. The van der Waals surface area contributed by atoms with Crippen molar-refractivity contribution >= 4 is 13.1 Å². The minimum atomic E-state index is -1.43. The largest absolute Gasteiger partial charge is 0.535 e. The third kappa shape index (κ3) is 3.42. The molecule has 5 nitrogen and oxygen atoms in total. The van der Waals surface area contributed by atoms with Crippen molar-refractivity contribution in [1.29, 1.82) is 0 Å². The molecule has 0 bridgehead atoms. The predicted octanol–water partition coefficient (Wildman–Crippen LogP) is 2.70. The molecular formula is C17H16BFO5. The average molecular weight is 330 g/mol. The Morgan fingerprint density at radius 1 is 1.29 bits per heavy atom. The van der Waals surface area contributed by atoms with Gasteiger partial charge < -0.3 is 19.5 Å². The van der Waals surface area contributed by atoms with Gasteiger partial charge >= 0.3 is 13.1 Å². The molecule has 2 aromatic rings. The van der Waals surface area contributed by atoms with Crippen molar-refractivity contribution in [1.82, 2.24) is 0 Å². The molecule has 24 heavy (non-hydrogen) atoms. The topological polar surface area (TPSA) is 76.0 Å². The number of carboxylic acids is 1. The lowest BCUT2D eigenvalue weighted by molar-refractivity contribution is 0.0688. The zero-order valence-corrected chi connectivity index (χ0v) is 12.8. The molecule has 1 aliphatic rings. The molecule has 2 aromatic carbocycles. The zero-order chi connectivity index (χ0) is 17.1. The van der Waals surface area contributed by atoms with Crippen LogP contribution >= 0.6 is 0 Å². The van der Waals surface area contributed by atoms with E-state index in [-0.39, 0.29) is 24.6 Å². The van der Waals surface area contributed by atoms with Gasteiger partial charge in [0.2, 0.25) is 0 Å². The third-order valence-electron chi connectivity index (χ3n) is 3.96. The number of ether oxygens (including phenoxy) is 1. The molecule has 124 valence electrons. The van der Waals surface area contributed by atoms with Gasteiger partial charge in [-0.1, -0.05) is 36.4 Å². The van der Waals surface area contributed by atoms with E-state index in [0.717, 1.165) is 11.6 Å². The van der Waals surface area contributed by atoms with Crippen LogP contribution in [0.25, 0.3) is 0 Å². The van der Waals surface area contributed by atoms with Crippen molar-refractivity contribution in [3.05, 3.63) is 65.0 Å². The molecule has 0 saturated carbocycles. The van der Waals surface area contributed by atoms with Crippen molar-refractivity contribution in [3.63, 3.8) is 0 Å². The molecule has 0 aromatic heterocycles. The van der Waals surface area contributed by atoms with Gasteiger partial charge in [0.15, 0.2) is 0 Å². The zero-order valence-electron chi connectivity index (χ0n) is 12.8. The normalized spacial score (nSPS) is 16.4. The summed E-state index contributed by atoms with van der Waals surface area (Å²) < 4.78 is 24.6. The fourth-order valence-corrected chi connectivity index (χ4v) is 2.83. The Morgan fingerprint density at radius 3 is 2.75 bits per heavy atom. The first-order chi connectivity index (χ1) is 11.6. The molecule has 0 fully saturated rings. The Labute approximate surface area is 138 Å². The number of carbonyl (C=O) groups is 1. The number of hydrogen-bond donors (Lipinski definition) is 2. The second-order valence-electron chi connectivity index (χ2n) is 5.65. The smallest absolute Gasteiger partial charge is 0.523 e. The Morgan fingerprint density at radius 2 is 2.04 bits per heavy atom. The van der Waals surface area contributed by atoms with Crippen molar-refractivity contribution in [2.75, 3.05) is 6.61 Å². The van der Waals surface area contributed by atoms with Crippen molar-refractivity contribution in [2.45, 2.75) is 18.8 Å². The van der Waals surface area contributed by atoms with E-state index in [4.69, 9.17) is 9.39 Å². The van der Waals surface area contributed by atoms with Gasteiger partial charge in [0, 0.05) is 12.2 Å². The van der Waals surface area contributed by atoms with E-state index in [1.165, 1.54) is 6.07 Å². The van der Waals surface area contributed by atoms with Crippen LogP contribution in [0.3, 0.4) is 0 Å². The Balaban J connectivity index is 1.79. The van der Waals surface area contributed by atoms with Gasteiger partial charge in [-0.3, -0.25) is 0 Å². The molecule has 3 rings (SSSR count). The van der Waals surface area contributed by atoms with Gasteiger partial charge in [-0.25, -0.2) is 9.18 Å². The second-order valence-corrected chi connectivity index (χ2v) is 5.65. The van der Waals surface area contributed by atoms with Gasteiger partial charge in [-0.05, 0) is 17.2 Å². The van der Waals surface area contributed by atoms with Crippen LogP contribution in [0.5, 0.6) is 5.75 Å². The lowest BCUT2D eigenvalue weighted by atomic mass is 9.72. The van der Waals surface area contributed by atoms with Gasteiger partial charge in [0.05, 0.1) is 13.2 Å². The van der Waals surface area contributed by atoms with Crippen LogP contribution in [0.4, 0.5) is 4.39 Å². The highest BCUT2D eigenvalue weighted by Gasteiger charge is 2.35. The number of hydrogen-bond acceptors (Lipinski definition) is 4. The first-order valence-corrected chi connectivity index (χ1v) is 7.58. The molecule has 1 atom stereocenters. The van der Waals surface area contributed by atoms with Gasteiger partial charge in [0.1, 0.15) is 17.1 Å². The van der Waals surface area contributed by atoms with Crippen LogP contribution in [-0.2, 0) is 11.3 Å². The quantitative estimate of drug-likeness (QED) is 0.825. The lowest BCUT2D eigenvalue weighted by Crippen LogP contribution is -2.32. The van der Waals surface area contributed by atoms with E-state index in [1.54, 1.807) is 0 Å². The first-order valence-electron chi connectivity index (χ1n) is 7.58. The molecule has 0 saturated heterocycles. The van der Waals surface area contributed by atoms with E-state index in [0.29, 0.717) is 12.2 Å². The van der Waals surface area contributed by atoms with Crippen LogP contribution in [0, 0.1) is 5.82 Å². The number of rotatable bonds is 5. The monoisotopic (exact) mass is 330 g/mol. The highest BCUT2D eigenvalue weighted by atomic mass is 19.1. The number of fused-ring (bicyclic) bond motifs is 1. The highest BCUT2D eigenvalue weighted by molar-refractivity contribution is 6.44. The summed E-state index contributed by atoms with van der Waals surface area (Å²) in [6.07, 6.45) is 0.256. The second kappa shape index (κ2) is 7.03. The van der Waals surface area contributed by atoms with Gasteiger partial charge in [-0.15, -0.1) is 0 Å². The predicted molar refractivity (Wildman–Crippen MR) is 85.6 cm³/mol. The third-order valence-corrected chi connectivity index (χ3v) is 3.96. The number of carboxylic acid groups (broad SMARTS) is 1. The maximum atomic E-state index is 13.8. The van der Waals surface area contributed by atoms with E-state index >= 15 is 0 Å². The first kappa shape index (κ1) is 16.5.